The first kappa shape index (κ1) is 23.3. The maximum atomic E-state index is 11.9. The number of fused-ring (bicyclic) bond motifs is 1. The third kappa shape index (κ3) is 4.90. The molecule has 0 radical (unpaired) electrons. The first-order valence-electron chi connectivity index (χ1n) is 11.3. The van der Waals surface area contributed by atoms with E-state index in [1.165, 1.54) is 0 Å². The number of carbonyl (C=O) groups is 1. The number of rotatable bonds is 8. The van der Waals surface area contributed by atoms with Gasteiger partial charge in [0.15, 0.2) is 0 Å². The minimum absolute atomic E-state index is 0.227. The molecule has 0 saturated carbocycles. The summed E-state index contributed by atoms with van der Waals surface area (Å²) in [6, 6.07) is 15.5. The summed E-state index contributed by atoms with van der Waals surface area (Å²) >= 11 is 1.60. The molecule has 0 aliphatic carbocycles. The zero-order valence-electron chi connectivity index (χ0n) is 19.5. The van der Waals surface area contributed by atoms with Crippen LogP contribution >= 0.6 is 11.3 Å². The van der Waals surface area contributed by atoms with Crippen molar-refractivity contribution in [2.75, 3.05) is 11.9 Å². The van der Waals surface area contributed by atoms with E-state index in [0.717, 1.165) is 45.0 Å². The fourth-order valence-electron chi connectivity index (χ4n) is 3.92. The summed E-state index contributed by atoms with van der Waals surface area (Å²) in [5.41, 5.74) is 4.94. The fourth-order valence-corrected chi connectivity index (χ4v) is 4.52. The zero-order chi connectivity index (χ0) is 24.1. The molecular formula is C26H27N5O2S. The van der Waals surface area contributed by atoms with Crippen molar-refractivity contribution in [3.8, 4) is 23.1 Å². The standard InChI is InChI=1S/C26H27N5O2S/c1-4-12-28-26(32)30-19-8-6-18(7-9-19)25-23(14-27)22-11-10-21(13-24(22)31(25)5-2)33-15-20-16-34-17(3)29-20/h6-11,13,16H,4-5,12,15H2,1-3H3,(H2,28,30,32). The van der Waals surface area contributed by atoms with Crippen LogP contribution in [0.4, 0.5) is 10.5 Å². The van der Waals surface area contributed by atoms with Crippen LogP contribution in [0.2, 0.25) is 0 Å². The summed E-state index contributed by atoms with van der Waals surface area (Å²) in [5.74, 6) is 0.735. The summed E-state index contributed by atoms with van der Waals surface area (Å²) in [7, 11) is 0. The molecular weight excluding hydrogens is 446 g/mol. The van der Waals surface area contributed by atoms with Crippen molar-refractivity contribution in [2.45, 2.75) is 40.3 Å². The number of urea groups is 1. The maximum absolute atomic E-state index is 11.9. The maximum Gasteiger partial charge on any atom is 0.319 e. The van der Waals surface area contributed by atoms with Gasteiger partial charge in [-0.15, -0.1) is 11.3 Å². The largest absolute Gasteiger partial charge is 0.487 e. The number of nitriles is 1. The summed E-state index contributed by atoms with van der Waals surface area (Å²) in [5, 5.41) is 19.5. The van der Waals surface area contributed by atoms with Gasteiger partial charge in [-0.05, 0) is 50.1 Å². The lowest BCUT2D eigenvalue weighted by Crippen LogP contribution is -2.29. The molecule has 0 atom stereocenters. The van der Waals surface area contributed by atoms with Gasteiger partial charge in [0.2, 0.25) is 0 Å². The number of carbonyl (C=O) groups excluding carboxylic acids is 1. The first-order valence-corrected chi connectivity index (χ1v) is 12.2. The predicted octanol–water partition coefficient (Wildman–Crippen LogP) is 6.08. The van der Waals surface area contributed by atoms with Crippen LogP contribution in [0.25, 0.3) is 22.2 Å². The van der Waals surface area contributed by atoms with E-state index in [4.69, 9.17) is 4.74 Å². The monoisotopic (exact) mass is 473 g/mol. The van der Waals surface area contributed by atoms with Gasteiger partial charge in [0.25, 0.3) is 0 Å². The van der Waals surface area contributed by atoms with Gasteiger partial charge in [-0.3, -0.25) is 0 Å². The Morgan fingerprint density at radius 2 is 2.00 bits per heavy atom. The molecule has 0 aliphatic rings. The highest BCUT2D eigenvalue weighted by atomic mass is 32.1. The van der Waals surface area contributed by atoms with Crippen LogP contribution in [0.3, 0.4) is 0 Å². The Labute approximate surface area is 203 Å². The minimum Gasteiger partial charge on any atom is -0.487 e. The number of anilines is 1. The molecule has 2 N–H and O–H groups in total. The number of hydrogen-bond donors (Lipinski definition) is 2. The highest BCUT2D eigenvalue weighted by Gasteiger charge is 2.19. The lowest BCUT2D eigenvalue weighted by Gasteiger charge is -2.11. The van der Waals surface area contributed by atoms with E-state index < -0.39 is 0 Å². The Hall–Kier alpha value is -3.83. The molecule has 8 heteroatoms. The van der Waals surface area contributed by atoms with Crippen molar-refractivity contribution in [1.82, 2.24) is 14.9 Å². The molecule has 4 aromatic rings. The zero-order valence-corrected chi connectivity index (χ0v) is 20.3. The number of thiazole rings is 1. The quantitative estimate of drug-likeness (QED) is 0.325. The van der Waals surface area contributed by atoms with Crippen LogP contribution < -0.4 is 15.4 Å². The van der Waals surface area contributed by atoms with Crippen molar-refractivity contribution in [3.05, 3.63) is 64.1 Å². The van der Waals surface area contributed by atoms with Gasteiger partial charge in [-0.25, -0.2) is 9.78 Å². The van der Waals surface area contributed by atoms with Crippen molar-refractivity contribution in [1.29, 1.82) is 5.26 Å². The number of nitrogens with one attached hydrogen (secondary N) is 2. The molecule has 0 bridgehead atoms. The van der Waals surface area contributed by atoms with Crippen LogP contribution in [0.5, 0.6) is 5.75 Å². The van der Waals surface area contributed by atoms with E-state index in [1.807, 2.05) is 61.7 Å². The van der Waals surface area contributed by atoms with Crippen LogP contribution in [0.15, 0.2) is 47.8 Å². The molecule has 0 spiro atoms. The molecule has 2 aromatic heterocycles. The summed E-state index contributed by atoms with van der Waals surface area (Å²) < 4.78 is 8.11. The van der Waals surface area contributed by atoms with Gasteiger partial charge in [0.05, 0.1) is 27.5 Å². The SMILES string of the molecule is CCCNC(=O)Nc1ccc(-c2c(C#N)c3ccc(OCc4csc(C)n4)cc3n2CC)cc1. The summed E-state index contributed by atoms with van der Waals surface area (Å²) in [6.07, 6.45) is 0.877. The molecule has 2 aromatic carbocycles. The third-order valence-corrected chi connectivity index (χ3v) is 6.29. The highest BCUT2D eigenvalue weighted by Crippen LogP contribution is 2.36. The van der Waals surface area contributed by atoms with E-state index in [9.17, 15) is 10.1 Å². The number of hydrogen-bond acceptors (Lipinski definition) is 5. The first-order chi connectivity index (χ1) is 16.5. The van der Waals surface area contributed by atoms with Crippen molar-refractivity contribution >= 4 is 34.0 Å². The normalized spacial score (nSPS) is 10.8. The van der Waals surface area contributed by atoms with Crippen LogP contribution in [-0.2, 0) is 13.2 Å². The van der Waals surface area contributed by atoms with Crippen molar-refractivity contribution in [3.63, 3.8) is 0 Å². The minimum atomic E-state index is -0.227. The van der Waals surface area contributed by atoms with Gasteiger partial charge in [-0.1, -0.05) is 19.1 Å². The number of aryl methyl sites for hydroxylation is 2. The van der Waals surface area contributed by atoms with Crippen LogP contribution in [0, 0.1) is 18.3 Å². The van der Waals surface area contributed by atoms with Gasteiger partial charge in [0, 0.05) is 35.6 Å². The topological polar surface area (TPSA) is 92.0 Å². The Kier molecular flexibility index (Phi) is 7.14. The van der Waals surface area contributed by atoms with Gasteiger partial charge in [-0.2, -0.15) is 5.26 Å². The number of amides is 2. The van der Waals surface area contributed by atoms with Crippen molar-refractivity contribution in [2.24, 2.45) is 0 Å². The molecule has 0 fully saturated rings. The van der Waals surface area contributed by atoms with Gasteiger partial charge in [0.1, 0.15) is 18.4 Å². The Morgan fingerprint density at radius 1 is 1.21 bits per heavy atom. The molecule has 174 valence electrons. The second-order valence-electron chi connectivity index (χ2n) is 7.86. The Balaban J connectivity index is 1.64. The second kappa shape index (κ2) is 10.4. The van der Waals surface area contributed by atoms with E-state index in [0.29, 0.717) is 30.9 Å². The smallest absolute Gasteiger partial charge is 0.319 e. The fraction of sp³-hybridized carbons (Fsp3) is 0.269. The lowest BCUT2D eigenvalue weighted by molar-refractivity contribution is 0.252. The number of aromatic nitrogens is 2. The number of nitrogens with zero attached hydrogens (tertiary/aromatic N) is 3. The highest BCUT2D eigenvalue weighted by molar-refractivity contribution is 7.09. The van der Waals surface area contributed by atoms with Crippen molar-refractivity contribution < 1.29 is 9.53 Å². The van der Waals surface area contributed by atoms with Gasteiger partial charge >= 0.3 is 6.03 Å². The Morgan fingerprint density at radius 3 is 2.65 bits per heavy atom. The van der Waals surface area contributed by atoms with E-state index in [1.54, 1.807) is 11.3 Å². The molecule has 0 saturated heterocycles. The predicted molar refractivity (Wildman–Crippen MR) is 136 cm³/mol. The molecule has 2 heterocycles. The van der Waals surface area contributed by atoms with Gasteiger partial charge < -0.3 is 19.9 Å². The average Bonchev–Trinajstić information content (AvgIpc) is 3.41. The number of benzene rings is 2. The molecule has 7 nitrogen and oxygen atoms in total. The third-order valence-electron chi connectivity index (χ3n) is 5.47. The van der Waals surface area contributed by atoms with E-state index in [2.05, 4.69) is 33.2 Å². The molecule has 34 heavy (non-hydrogen) atoms. The molecule has 2 amide bonds. The van der Waals surface area contributed by atoms with E-state index in [-0.39, 0.29) is 6.03 Å². The van der Waals surface area contributed by atoms with Crippen LogP contribution in [-0.4, -0.2) is 22.1 Å². The Bertz CT molecular complexity index is 1350. The lowest BCUT2D eigenvalue weighted by atomic mass is 10.1. The molecule has 4 rings (SSSR count). The summed E-state index contributed by atoms with van der Waals surface area (Å²) in [6.45, 7) is 7.77. The number of ether oxygens (including phenoxy) is 1. The second-order valence-corrected chi connectivity index (χ2v) is 8.93. The average molecular weight is 474 g/mol. The molecule has 0 unspecified atom stereocenters. The molecule has 0 aliphatic heterocycles. The van der Waals surface area contributed by atoms with Crippen LogP contribution in [0.1, 0.15) is 36.5 Å². The summed E-state index contributed by atoms with van der Waals surface area (Å²) in [4.78, 5) is 16.4. The van der Waals surface area contributed by atoms with E-state index >= 15 is 0 Å².